The Morgan fingerprint density at radius 3 is 2.86 bits per heavy atom. The first kappa shape index (κ1) is 13.3. The van der Waals surface area contributed by atoms with Crippen LogP contribution in [0.25, 0.3) is 10.8 Å². The van der Waals surface area contributed by atoms with Gasteiger partial charge >= 0.3 is 0 Å². The lowest BCUT2D eigenvalue weighted by Gasteiger charge is -2.04. The zero-order chi connectivity index (χ0) is 14.7. The average molecular weight is 301 g/mol. The number of hydrogen-bond donors (Lipinski definition) is 2. The maximum Gasteiger partial charge on any atom is 0.257 e. The molecule has 1 amide bonds. The predicted octanol–water partition coefficient (Wildman–Crippen LogP) is 2.43. The Morgan fingerprint density at radius 2 is 2.10 bits per heavy atom. The number of aromatic nitrogens is 2. The number of aromatic hydroxyl groups is 1. The average Bonchev–Trinajstić information content (AvgIpc) is 3.16. The first-order valence-corrected chi connectivity index (χ1v) is 7.04. The van der Waals surface area contributed by atoms with E-state index in [4.69, 9.17) is 4.42 Å². The second-order valence-electron chi connectivity index (χ2n) is 4.18. The Morgan fingerprint density at radius 1 is 1.24 bits per heavy atom. The van der Waals surface area contributed by atoms with E-state index in [2.05, 4.69) is 15.5 Å². The molecule has 1 aromatic carbocycles. The molecule has 106 valence electrons. The van der Waals surface area contributed by atoms with Crippen LogP contribution in [-0.2, 0) is 6.54 Å². The van der Waals surface area contributed by atoms with E-state index in [0.29, 0.717) is 11.8 Å². The summed E-state index contributed by atoms with van der Waals surface area (Å²) in [5.74, 6) is 0.266. The molecule has 2 N–H and O–H groups in total. The van der Waals surface area contributed by atoms with E-state index in [9.17, 15) is 9.90 Å². The molecule has 7 heteroatoms. The van der Waals surface area contributed by atoms with Gasteiger partial charge in [0.15, 0.2) is 0 Å². The molecule has 2 heterocycles. The molecule has 0 aliphatic heterocycles. The third-order valence-electron chi connectivity index (χ3n) is 2.75. The van der Waals surface area contributed by atoms with Crippen molar-refractivity contribution in [1.82, 2.24) is 15.5 Å². The third-order valence-corrected chi connectivity index (χ3v) is 3.61. The molecular formula is C14H11N3O3S. The quantitative estimate of drug-likeness (QED) is 0.772. The number of hydrogen-bond acceptors (Lipinski definition) is 6. The lowest BCUT2D eigenvalue weighted by Crippen LogP contribution is -2.23. The van der Waals surface area contributed by atoms with Crippen molar-refractivity contribution in [2.75, 3.05) is 0 Å². The standard InChI is InChI=1S/C14H11N3O3S/c18-10-5-2-1-4-9(10)13(19)15-8-12-16-17-14(20-12)11-6-3-7-21-11/h1-7,18H,8H2,(H,15,19). The number of nitrogens with one attached hydrogen (secondary N) is 1. The zero-order valence-corrected chi connectivity index (χ0v) is 11.6. The third kappa shape index (κ3) is 2.92. The van der Waals surface area contributed by atoms with Crippen LogP contribution in [0.1, 0.15) is 16.2 Å². The van der Waals surface area contributed by atoms with Gasteiger partial charge < -0.3 is 14.8 Å². The van der Waals surface area contributed by atoms with Gasteiger partial charge in [-0.25, -0.2) is 0 Å². The SMILES string of the molecule is O=C(NCc1nnc(-c2cccs2)o1)c1ccccc1O. The summed E-state index contributed by atoms with van der Waals surface area (Å²) in [5, 5.41) is 21.9. The van der Waals surface area contributed by atoms with Gasteiger partial charge in [-0.05, 0) is 23.6 Å². The molecule has 21 heavy (non-hydrogen) atoms. The van der Waals surface area contributed by atoms with Crippen LogP contribution < -0.4 is 5.32 Å². The van der Waals surface area contributed by atoms with Crippen LogP contribution in [0.15, 0.2) is 46.2 Å². The second-order valence-corrected chi connectivity index (χ2v) is 5.13. The summed E-state index contributed by atoms with van der Waals surface area (Å²) >= 11 is 1.50. The maximum atomic E-state index is 11.9. The van der Waals surface area contributed by atoms with E-state index in [0.717, 1.165) is 4.88 Å². The highest BCUT2D eigenvalue weighted by Crippen LogP contribution is 2.23. The molecule has 0 aliphatic carbocycles. The lowest BCUT2D eigenvalue weighted by atomic mass is 10.2. The van der Waals surface area contributed by atoms with E-state index in [1.807, 2.05) is 17.5 Å². The van der Waals surface area contributed by atoms with Gasteiger partial charge in [0, 0.05) is 0 Å². The fourth-order valence-corrected chi connectivity index (χ4v) is 2.39. The number of amides is 1. The van der Waals surface area contributed by atoms with Gasteiger partial charge in [0.1, 0.15) is 5.75 Å². The highest BCUT2D eigenvalue weighted by molar-refractivity contribution is 7.13. The molecule has 0 unspecified atom stereocenters. The maximum absolute atomic E-state index is 11.9. The summed E-state index contributed by atoms with van der Waals surface area (Å²) in [4.78, 5) is 12.8. The normalized spacial score (nSPS) is 10.5. The lowest BCUT2D eigenvalue weighted by molar-refractivity contribution is 0.0944. The summed E-state index contributed by atoms with van der Waals surface area (Å²) in [6.07, 6.45) is 0. The van der Waals surface area contributed by atoms with E-state index in [-0.39, 0.29) is 17.9 Å². The van der Waals surface area contributed by atoms with Crippen molar-refractivity contribution in [3.8, 4) is 16.5 Å². The monoisotopic (exact) mass is 301 g/mol. The molecule has 0 saturated carbocycles. The molecule has 3 aromatic rings. The van der Waals surface area contributed by atoms with Crippen molar-refractivity contribution >= 4 is 17.2 Å². The van der Waals surface area contributed by atoms with Crippen molar-refractivity contribution in [2.24, 2.45) is 0 Å². The number of para-hydroxylation sites is 1. The van der Waals surface area contributed by atoms with Crippen molar-refractivity contribution in [3.63, 3.8) is 0 Å². The molecule has 3 rings (SSSR count). The van der Waals surface area contributed by atoms with Crippen LogP contribution in [-0.4, -0.2) is 21.2 Å². The molecule has 0 radical (unpaired) electrons. The minimum atomic E-state index is -0.399. The highest BCUT2D eigenvalue weighted by Gasteiger charge is 2.13. The summed E-state index contributed by atoms with van der Waals surface area (Å²) in [7, 11) is 0. The van der Waals surface area contributed by atoms with E-state index < -0.39 is 5.91 Å². The minimum Gasteiger partial charge on any atom is -0.507 e. The predicted molar refractivity (Wildman–Crippen MR) is 76.9 cm³/mol. The molecule has 6 nitrogen and oxygen atoms in total. The van der Waals surface area contributed by atoms with Gasteiger partial charge in [-0.3, -0.25) is 4.79 Å². The van der Waals surface area contributed by atoms with Crippen LogP contribution in [0, 0.1) is 0 Å². The Labute approximate surface area is 124 Å². The number of phenolic OH excluding ortho intramolecular Hbond substituents is 1. The van der Waals surface area contributed by atoms with Gasteiger partial charge in [-0.2, -0.15) is 0 Å². The van der Waals surface area contributed by atoms with E-state index in [1.165, 1.54) is 23.5 Å². The number of rotatable bonds is 4. The number of carbonyl (C=O) groups excluding carboxylic acids is 1. The second kappa shape index (κ2) is 5.76. The Hall–Kier alpha value is -2.67. The first-order chi connectivity index (χ1) is 10.2. The minimum absolute atomic E-state index is 0.0696. The van der Waals surface area contributed by atoms with Crippen molar-refractivity contribution < 1.29 is 14.3 Å². The number of nitrogens with zero attached hydrogens (tertiary/aromatic N) is 2. The largest absolute Gasteiger partial charge is 0.507 e. The number of carbonyl (C=O) groups is 1. The summed E-state index contributed by atoms with van der Waals surface area (Å²) in [6.45, 7) is 0.103. The van der Waals surface area contributed by atoms with Crippen molar-refractivity contribution in [1.29, 1.82) is 0 Å². The van der Waals surface area contributed by atoms with Crippen molar-refractivity contribution in [3.05, 3.63) is 53.2 Å². The first-order valence-electron chi connectivity index (χ1n) is 6.16. The van der Waals surface area contributed by atoms with Gasteiger partial charge in [0.05, 0.1) is 17.0 Å². The molecular weight excluding hydrogens is 290 g/mol. The molecule has 0 atom stereocenters. The number of thiophene rings is 1. The Kier molecular flexibility index (Phi) is 3.65. The Bertz CT molecular complexity index is 752. The van der Waals surface area contributed by atoms with Crippen molar-refractivity contribution in [2.45, 2.75) is 6.54 Å². The van der Waals surface area contributed by atoms with Crippen LogP contribution in [0.3, 0.4) is 0 Å². The van der Waals surface area contributed by atoms with Gasteiger partial charge in [0.25, 0.3) is 11.8 Å². The molecule has 0 bridgehead atoms. The van der Waals surface area contributed by atoms with Crippen LogP contribution in [0.4, 0.5) is 0 Å². The van der Waals surface area contributed by atoms with Crippen LogP contribution >= 0.6 is 11.3 Å². The number of phenols is 1. The van der Waals surface area contributed by atoms with Crippen LogP contribution in [0.2, 0.25) is 0 Å². The van der Waals surface area contributed by atoms with Gasteiger partial charge in [0.2, 0.25) is 5.89 Å². The van der Waals surface area contributed by atoms with E-state index in [1.54, 1.807) is 12.1 Å². The molecule has 0 saturated heterocycles. The topological polar surface area (TPSA) is 88.3 Å². The summed E-state index contributed by atoms with van der Waals surface area (Å²) in [5.41, 5.74) is 0.204. The molecule has 0 aliphatic rings. The smallest absolute Gasteiger partial charge is 0.257 e. The fraction of sp³-hybridized carbons (Fsp3) is 0.0714. The summed E-state index contributed by atoms with van der Waals surface area (Å²) < 4.78 is 5.46. The van der Waals surface area contributed by atoms with Gasteiger partial charge in [-0.1, -0.05) is 18.2 Å². The molecule has 2 aromatic heterocycles. The van der Waals surface area contributed by atoms with Gasteiger partial charge in [-0.15, -0.1) is 21.5 Å². The van der Waals surface area contributed by atoms with E-state index >= 15 is 0 Å². The molecule has 0 spiro atoms. The summed E-state index contributed by atoms with van der Waals surface area (Å²) in [6, 6.07) is 10.1. The number of benzene rings is 1. The Balaban J connectivity index is 1.66. The zero-order valence-electron chi connectivity index (χ0n) is 10.8. The molecule has 0 fully saturated rings. The van der Waals surface area contributed by atoms with Crippen LogP contribution in [0.5, 0.6) is 5.75 Å². The fourth-order valence-electron chi connectivity index (χ4n) is 1.74. The highest BCUT2D eigenvalue weighted by atomic mass is 32.1.